The van der Waals surface area contributed by atoms with Gasteiger partial charge in [-0.05, 0) is 51.1 Å². The van der Waals surface area contributed by atoms with Gasteiger partial charge in [0, 0.05) is 17.4 Å². The van der Waals surface area contributed by atoms with Gasteiger partial charge in [-0.1, -0.05) is 17.8 Å². The van der Waals surface area contributed by atoms with Gasteiger partial charge in [-0.3, -0.25) is 4.79 Å². The molecule has 2 aromatic rings. The van der Waals surface area contributed by atoms with Gasteiger partial charge in [0.15, 0.2) is 0 Å². The fourth-order valence-electron chi connectivity index (χ4n) is 2.17. The van der Waals surface area contributed by atoms with Crippen LogP contribution < -0.4 is 10.0 Å². The van der Waals surface area contributed by atoms with Gasteiger partial charge in [0.25, 0.3) is 0 Å². The zero-order chi connectivity index (χ0) is 21.9. The Balaban J connectivity index is 1.99. The number of sulfonamides is 1. The number of thioether (sulfide) groups is 1. The van der Waals surface area contributed by atoms with Crippen LogP contribution in [0.25, 0.3) is 0 Å². The fraction of sp³-hybridized carbons (Fsp3) is 0.333. The number of carbonyl (C=O) groups is 1. The molecule has 1 heterocycles. The van der Waals surface area contributed by atoms with Crippen LogP contribution in [-0.2, 0) is 21.0 Å². The standard InChI is InChI=1S/C18H20F3N3O3S2/c1-17(2,3)24-29(26,27)14-6-4-5-13(9-14)23-15(25)11-28-16-8-7-12(10-22-16)18(19,20)21/h4-10,24H,11H2,1-3H3,(H,23,25). The van der Waals surface area contributed by atoms with Gasteiger partial charge in [-0.25, -0.2) is 18.1 Å². The molecule has 29 heavy (non-hydrogen) atoms. The number of aromatic nitrogens is 1. The van der Waals surface area contributed by atoms with Crippen molar-refractivity contribution in [3.8, 4) is 0 Å². The van der Waals surface area contributed by atoms with Crippen molar-refractivity contribution in [3.05, 3.63) is 48.2 Å². The molecule has 2 N–H and O–H groups in total. The van der Waals surface area contributed by atoms with Gasteiger partial charge < -0.3 is 5.32 Å². The summed E-state index contributed by atoms with van der Waals surface area (Å²) in [6.45, 7) is 5.13. The first kappa shape index (κ1) is 23.2. The number of nitrogens with one attached hydrogen (secondary N) is 2. The van der Waals surface area contributed by atoms with Crippen LogP contribution in [0.15, 0.2) is 52.5 Å². The van der Waals surface area contributed by atoms with E-state index in [0.29, 0.717) is 6.20 Å². The van der Waals surface area contributed by atoms with E-state index < -0.39 is 33.2 Å². The number of nitrogens with zero attached hydrogens (tertiary/aromatic N) is 1. The number of benzene rings is 1. The quantitative estimate of drug-likeness (QED) is 0.656. The summed E-state index contributed by atoms with van der Waals surface area (Å²) in [5.41, 5.74) is -1.25. The third kappa shape index (κ3) is 7.33. The number of rotatable bonds is 6. The summed E-state index contributed by atoms with van der Waals surface area (Å²) in [6, 6.07) is 7.85. The van der Waals surface area contributed by atoms with E-state index in [2.05, 4.69) is 15.0 Å². The second-order valence-corrected chi connectivity index (χ2v) is 9.78. The number of halogens is 3. The first-order valence-corrected chi connectivity index (χ1v) is 10.8. The van der Waals surface area contributed by atoms with Gasteiger partial charge in [-0.2, -0.15) is 13.2 Å². The zero-order valence-electron chi connectivity index (χ0n) is 15.9. The lowest BCUT2D eigenvalue weighted by atomic mass is 10.1. The normalized spacial score (nSPS) is 12.6. The van der Waals surface area contributed by atoms with Crippen LogP contribution in [-0.4, -0.2) is 30.6 Å². The van der Waals surface area contributed by atoms with Crippen molar-refractivity contribution in [3.63, 3.8) is 0 Å². The maximum atomic E-state index is 12.5. The summed E-state index contributed by atoms with van der Waals surface area (Å²) in [6.07, 6.45) is -3.77. The first-order valence-electron chi connectivity index (χ1n) is 8.36. The minimum Gasteiger partial charge on any atom is -0.325 e. The summed E-state index contributed by atoms with van der Waals surface area (Å²) >= 11 is 0.964. The second kappa shape index (κ2) is 8.72. The molecular formula is C18H20F3N3O3S2. The lowest BCUT2D eigenvalue weighted by Crippen LogP contribution is -2.40. The Morgan fingerprint density at radius 1 is 1.14 bits per heavy atom. The van der Waals surface area contributed by atoms with Crippen LogP contribution in [0.5, 0.6) is 0 Å². The molecule has 0 aliphatic rings. The highest BCUT2D eigenvalue weighted by Crippen LogP contribution is 2.29. The largest absolute Gasteiger partial charge is 0.417 e. The van der Waals surface area contributed by atoms with Crippen molar-refractivity contribution in [2.24, 2.45) is 0 Å². The Bertz CT molecular complexity index is 970. The Morgan fingerprint density at radius 2 is 1.83 bits per heavy atom. The lowest BCUT2D eigenvalue weighted by Gasteiger charge is -2.20. The van der Waals surface area contributed by atoms with Crippen molar-refractivity contribution in [1.82, 2.24) is 9.71 Å². The van der Waals surface area contributed by atoms with E-state index in [1.165, 1.54) is 30.3 Å². The Kier molecular flexibility index (Phi) is 6.97. The molecule has 0 radical (unpaired) electrons. The number of anilines is 1. The third-order valence-electron chi connectivity index (χ3n) is 3.28. The highest BCUT2D eigenvalue weighted by molar-refractivity contribution is 7.99. The minimum absolute atomic E-state index is 0.00211. The number of hydrogen-bond acceptors (Lipinski definition) is 5. The Labute approximate surface area is 171 Å². The summed E-state index contributed by atoms with van der Waals surface area (Å²) in [5, 5.41) is 2.83. The molecule has 0 fully saturated rings. The molecule has 158 valence electrons. The molecule has 0 atom stereocenters. The van der Waals surface area contributed by atoms with E-state index in [-0.39, 0.29) is 21.4 Å². The highest BCUT2D eigenvalue weighted by atomic mass is 32.2. The van der Waals surface area contributed by atoms with E-state index in [1.807, 2.05) is 0 Å². The molecule has 0 saturated carbocycles. The molecule has 0 aliphatic carbocycles. The summed E-state index contributed by atoms with van der Waals surface area (Å²) in [5.74, 6) is -0.551. The first-order chi connectivity index (χ1) is 13.3. The molecule has 0 bridgehead atoms. The summed E-state index contributed by atoms with van der Waals surface area (Å²) < 4.78 is 64.9. The molecule has 0 unspecified atom stereocenters. The topological polar surface area (TPSA) is 88.2 Å². The van der Waals surface area contributed by atoms with E-state index in [1.54, 1.807) is 20.8 Å². The number of alkyl halides is 3. The minimum atomic E-state index is -4.47. The number of carbonyl (C=O) groups excluding carboxylic acids is 1. The van der Waals surface area contributed by atoms with Gasteiger partial charge in [0.2, 0.25) is 15.9 Å². The van der Waals surface area contributed by atoms with Crippen LogP contribution in [0.3, 0.4) is 0 Å². The molecule has 2 rings (SSSR count). The fourth-order valence-corrected chi connectivity index (χ4v) is 4.28. The van der Waals surface area contributed by atoms with Crippen molar-refractivity contribution in [2.75, 3.05) is 11.1 Å². The van der Waals surface area contributed by atoms with E-state index in [0.717, 1.165) is 17.8 Å². The number of pyridine rings is 1. The maximum Gasteiger partial charge on any atom is 0.417 e. The summed E-state index contributed by atoms with van der Waals surface area (Å²) in [4.78, 5) is 15.8. The van der Waals surface area contributed by atoms with Crippen molar-refractivity contribution < 1.29 is 26.4 Å². The van der Waals surface area contributed by atoms with E-state index >= 15 is 0 Å². The smallest absolute Gasteiger partial charge is 0.325 e. The molecule has 0 aliphatic heterocycles. The van der Waals surface area contributed by atoms with E-state index in [4.69, 9.17) is 0 Å². The van der Waals surface area contributed by atoms with Crippen LogP contribution in [0.4, 0.5) is 18.9 Å². The summed E-state index contributed by atoms with van der Waals surface area (Å²) in [7, 11) is -3.76. The zero-order valence-corrected chi connectivity index (χ0v) is 17.5. The maximum absolute atomic E-state index is 12.5. The SMILES string of the molecule is CC(C)(C)NS(=O)(=O)c1cccc(NC(=O)CSc2ccc(C(F)(F)F)cn2)c1. The molecule has 1 aromatic carbocycles. The molecular weight excluding hydrogens is 427 g/mol. The van der Waals surface area contributed by atoms with Crippen LogP contribution in [0.2, 0.25) is 0 Å². The van der Waals surface area contributed by atoms with Gasteiger partial charge >= 0.3 is 6.18 Å². The average molecular weight is 448 g/mol. The molecule has 11 heteroatoms. The van der Waals surface area contributed by atoms with Crippen LogP contribution in [0.1, 0.15) is 26.3 Å². The third-order valence-corrected chi connectivity index (χ3v) is 5.98. The van der Waals surface area contributed by atoms with Crippen LogP contribution in [0, 0.1) is 0 Å². The molecule has 1 amide bonds. The predicted octanol–water partition coefficient (Wildman–Crippen LogP) is 3.91. The monoisotopic (exact) mass is 447 g/mol. The molecule has 0 spiro atoms. The molecule has 0 saturated heterocycles. The predicted molar refractivity (Wildman–Crippen MR) is 105 cm³/mol. The lowest BCUT2D eigenvalue weighted by molar-refractivity contribution is -0.137. The second-order valence-electron chi connectivity index (χ2n) is 7.10. The van der Waals surface area contributed by atoms with Gasteiger partial charge in [-0.15, -0.1) is 0 Å². The van der Waals surface area contributed by atoms with Crippen molar-refractivity contribution >= 4 is 33.4 Å². The van der Waals surface area contributed by atoms with E-state index in [9.17, 15) is 26.4 Å². The highest BCUT2D eigenvalue weighted by Gasteiger charge is 2.30. The number of hydrogen-bond donors (Lipinski definition) is 2. The van der Waals surface area contributed by atoms with Crippen molar-refractivity contribution in [2.45, 2.75) is 42.4 Å². The molecule has 1 aromatic heterocycles. The Hall–Kier alpha value is -2.11. The number of amides is 1. The Morgan fingerprint density at radius 3 is 2.38 bits per heavy atom. The van der Waals surface area contributed by atoms with Crippen LogP contribution >= 0.6 is 11.8 Å². The average Bonchev–Trinajstić information content (AvgIpc) is 2.58. The van der Waals surface area contributed by atoms with Gasteiger partial charge in [0.05, 0.1) is 21.2 Å². The molecule has 6 nitrogen and oxygen atoms in total. The van der Waals surface area contributed by atoms with Crippen molar-refractivity contribution in [1.29, 1.82) is 0 Å². The van der Waals surface area contributed by atoms with Gasteiger partial charge in [0.1, 0.15) is 0 Å².